The van der Waals surface area contributed by atoms with Crippen LogP contribution in [0.15, 0.2) is 89.8 Å². The molecule has 2 aromatic heterocycles. The highest BCUT2D eigenvalue weighted by Gasteiger charge is 2.17. The molecule has 0 saturated heterocycles. The third kappa shape index (κ3) is 3.84. The molecule has 31 heavy (non-hydrogen) atoms. The molecule has 0 unspecified atom stereocenters. The van der Waals surface area contributed by atoms with E-state index in [1.807, 2.05) is 18.2 Å². The Morgan fingerprint density at radius 3 is 2.26 bits per heavy atom. The molecule has 0 aliphatic carbocycles. The topological polar surface area (TPSA) is 42.7 Å². The molecule has 4 nitrogen and oxygen atoms in total. The minimum atomic E-state index is 0.796. The largest absolute Gasteiger partial charge is 0.340 e. The van der Waals surface area contributed by atoms with Gasteiger partial charge in [-0.05, 0) is 66.9 Å². The summed E-state index contributed by atoms with van der Waals surface area (Å²) in [4.78, 5) is 9.29. The monoisotopic (exact) mass is 468 g/mol. The van der Waals surface area contributed by atoms with E-state index < -0.39 is 0 Å². The van der Waals surface area contributed by atoms with Gasteiger partial charge in [0.15, 0.2) is 5.65 Å². The summed E-state index contributed by atoms with van der Waals surface area (Å²) in [5.41, 5.74) is 7.57. The number of hydrogen-bond acceptors (Lipinski definition) is 3. The van der Waals surface area contributed by atoms with E-state index >= 15 is 0 Å². The Balaban J connectivity index is 1.74. The molecule has 2 heterocycles. The van der Waals surface area contributed by atoms with Crippen LogP contribution in [0, 0.1) is 13.8 Å². The van der Waals surface area contributed by atoms with Crippen LogP contribution in [-0.4, -0.2) is 14.5 Å². The first-order valence-electron chi connectivity index (χ1n) is 10.1. The van der Waals surface area contributed by atoms with E-state index in [9.17, 15) is 0 Å². The Hall–Kier alpha value is -3.44. The van der Waals surface area contributed by atoms with Gasteiger partial charge in [-0.1, -0.05) is 52.3 Å². The summed E-state index contributed by atoms with van der Waals surface area (Å²) in [7, 11) is 0. The SMILES string of the molecule is Cc1cc(C)cc(Nc2ncnc3c2c(-c2ccccc2)cn3-c2ccc(Br)cc2)c1. The van der Waals surface area contributed by atoms with Gasteiger partial charge in [-0.3, -0.25) is 0 Å². The van der Waals surface area contributed by atoms with E-state index in [1.54, 1.807) is 6.33 Å². The molecule has 152 valence electrons. The molecule has 0 aliphatic rings. The summed E-state index contributed by atoms with van der Waals surface area (Å²) < 4.78 is 3.17. The maximum absolute atomic E-state index is 4.66. The van der Waals surface area contributed by atoms with Crippen LogP contribution in [-0.2, 0) is 0 Å². The molecule has 1 N–H and O–H groups in total. The molecule has 5 aromatic rings. The molecule has 0 fully saturated rings. The fourth-order valence-electron chi connectivity index (χ4n) is 3.98. The number of aryl methyl sites for hydroxylation is 2. The fourth-order valence-corrected chi connectivity index (χ4v) is 4.24. The van der Waals surface area contributed by atoms with E-state index in [-0.39, 0.29) is 0 Å². The molecule has 0 amide bonds. The first-order valence-corrected chi connectivity index (χ1v) is 10.9. The second-order valence-electron chi connectivity index (χ2n) is 7.68. The zero-order valence-corrected chi connectivity index (χ0v) is 18.9. The summed E-state index contributed by atoms with van der Waals surface area (Å²) in [6, 6.07) is 25.1. The Kier molecular flexibility index (Phi) is 5.04. The van der Waals surface area contributed by atoms with Crippen LogP contribution in [0.5, 0.6) is 0 Å². The van der Waals surface area contributed by atoms with Crippen LogP contribution in [0.2, 0.25) is 0 Å². The number of fused-ring (bicyclic) bond motifs is 1. The lowest BCUT2D eigenvalue weighted by atomic mass is 10.1. The fraction of sp³-hybridized carbons (Fsp3) is 0.0769. The van der Waals surface area contributed by atoms with Gasteiger partial charge in [-0.2, -0.15) is 0 Å². The Labute approximate surface area is 189 Å². The highest BCUT2D eigenvalue weighted by Crippen LogP contribution is 2.36. The smallest absolute Gasteiger partial charge is 0.150 e. The van der Waals surface area contributed by atoms with Gasteiger partial charge < -0.3 is 9.88 Å². The quantitative estimate of drug-likeness (QED) is 0.302. The van der Waals surface area contributed by atoms with Gasteiger partial charge in [-0.15, -0.1) is 0 Å². The highest BCUT2D eigenvalue weighted by molar-refractivity contribution is 9.10. The Morgan fingerprint density at radius 2 is 1.55 bits per heavy atom. The summed E-state index contributed by atoms with van der Waals surface area (Å²) in [6.45, 7) is 4.21. The predicted octanol–water partition coefficient (Wildman–Crippen LogP) is 7.21. The van der Waals surface area contributed by atoms with E-state index in [2.05, 4.69) is 110 Å². The molecule has 5 rings (SSSR count). The maximum atomic E-state index is 4.66. The van der Waals surface area contributed by atoms with Crippen molar-refractivity contribution in [3.05, 3.63) is 101 Å². The van der Waals surface area contributed by atoms with Crippen LogP contribution >= 0.6 is 15.9 Å². The van der Waals surface area contributed by atoms with Crippen LogP contribution in [0.3, 0.4) is 0 Å². The van der Waals surface area contributed by atoms with Crippen molar-refractivity contribution in [1.29, 1.82) is 0 Å². The van der Waals surface area contributed by atoms with Crippen LogP contribution < -0.4 is 5.32 Å². The minimum Gasteiger partial charge on any atom is -0.340 e. The molecule has 0 bridgehead atoms. The van der Waals surface area contributed by atoms with Gasteiger partial charge in [0.1, 0.15) is 12.1 Å². The average Bonchev–Trinajstić information content (AvgIpc) is 3.15. The number of anilines is 2. The van der Waals surface area contributed by atoms with Crippen molar-refractivity contribution in [3.8, 4) is 16.8 Å². The van der Waals surface area contributed by atoms with Crippen molar-refractivity contribution in [2.24, 2.45) is 0 Å². The standard InChI is InChI=1S/C26H21BrN4/c1-17-12-18(2)14-21(13-17)30-25-24-23(19-6-4-3-5-7-19)15-31(26(24)29-16-28-25)22-10-8-20(27)9-11-22/h3-16H,1-2H3,(H,28,29,30). The third-order valence-corrected chi connectivity index (χ3v) is 5.79. The molecule has 0 spiro atoms. The second kappa shape index (κ2) is 8.00. The first kappa shape index (κ1) is 19.5. The maximum Gasteiger partial charge on any atom is 0.150 e. The molecule has 0 aliphatic heterocycles. The molecule has 0 radical (unpaired) electrons. The summed E-state index contributed by atoms with van der Waals surface area (Å²) in [5, 5.41) is 4.54. The molecule has 5 heteroatoms. The first-order chi connectivity index (χ1) is 15.1. The van der Waals surface area contributed by atoms with E-state index in [4.69, 9.17) is 0 Å². The molecular formula is C26H21BrN4. The normalized spacial score (nSPS) is 11.1. The number of halogens is 1. The minimum absolute atomic E-state index is 0.796. The lowest BCUT2D eigenvalue weighted by molar-refractivity contribution is 1.08. The van der Waals surface area contributed by atoms with Gasteiger partial charge in [0.05, 0.1) is 5.39 Å². The zero-order valence-electron chi connectivity index (χ0n) is 17.3. The van der Waals surface area contributed by atoms with Crippen LogP contribution in [0.25, 0.3) is 27.8 Å². The lowest BCUT2D eigenvalue weighted by Crippen LogP contribution is -1.98. The van der Waals surface area contributed by atoms with Gasteiger partial charge in [0, 0.05) is 27.6 Å². The van der Waals surface area contributed by atoms with E-state index in [1.165, 1.54) is 11.1 Å². The van der Waals surface area contributed by atoms with Crippen molar-refractivity contribution in [1.82, 2.24) is 14.5 Å². The second-order valence-corrected chi connectivity index (χ2v) is 8.59. The molecule has 0 saturated carbocycles. The third-order valence-electron chi connectivity index (χ3n) is 5.26. The Morgan fingerprint density at radius 1 is 0.839 bits per heavy atom. The number of aromatic nitrogens is 3. The van der Waals surface area contributed by atoms with E-state index in [0.717, 1.165) is 43.8 Å². The van der Waals surface area contributed by atoms with Gasteiger partial charge in [0.25, 0.3) is 0 Å². The summed E-state index contributed by atoms with van der Waals surface area (Å²) in [6.07, 6.45) is 3.77. The zero-order chi connectivity index (χ0) is 21.4. The average molecular weight is 469 g/mol. The van der Waals surface area contributed by atoms with Gasteiger partial charge in [0.2, 0.25) is 0 Å². The van der Waals surface area contributed by atoms with Gasteiger partial charge in [-0.25, -0.2) is 9.97 Å². The van der Waals surface area contributed by atoms with Crippen molar-refractivity contribution in [2.45, 2.75) is 13.8 Å². The number of hydrogen-bond donors (Lipinski definition) is 1. The highest BCUT2D eigenvalue weighted by atomic mass is 79.9. The van der Waals surface area contributed by atoms with E-state index in [0.29, 0.717) is 0 Å². The van der Waals surface area contributed by atoms with Crippen molar-refractivity contribution in [3.63, 3.8) is 0 Å². The van der Waals surface area contributed by atoms with Crippen molar-refractivity contribution >= 4 is 38.5 Å². The number of nitrogens with zero attached hydrogens (tertiary/aromatic N) is 3. The summed E-state index contributed by atoms with van der Waals surface area (Å²) in [5.74, 6) is 0.796. The predicted molar refractivity (Wildman–Crippen MR) is 131 cm³/mol. The Bertz CT molecular complexity index is 1350. The lowest BCUT2D eigenvalue weighted by Gasteiger charge is -2.10. The van der Waals surface area contributed by atoms with Crippen LogP contribution in [0.1, 0.15) is 11.1 Å². The summed E-state index contributed by atoms with van der Waals surface area (Å²) >= 11 is 3.53. The number of nitrogens with one attached hydrogen (secondary N) is 1. The number of benzene rings is 3. The number of rotatable bonds is 4. The molecule has 0 atom stereocenters. The molecule has 3 aromatic carbocycles. The van der Waals surface area contributed by atoms with Crippen molar-refractivity contribution < 1.29 is 0 Å². The van der Waals surface area contributed by atoms with Gasteiger partial charge >= 0.3 is 0 Å². The molecular weight excluding hydrogens is 448 g/mol. The van der Waals surface area contributed by atoms with Crippen LogP contribution in [0.4, 0.5) is 11.5 Å². The van der Waals surface area contributed by atoms with Crippen molar-refractivity contribution in [2.75, 3.05) is 5.32 Å².